The molecule has 0 aromatic carbocycles. The molecular formula is C12H20N2O. The molecule has 15 heavy (non-hydrogen) atoms. The second-order valence-corrected chi connectivity index (χ2v) is 4.35. The molecule has 2 rings (SSSR count). The number of nitrogens with one attached hydrogen (secondary N) is 2. The summed E-state index contributed by atoms with van der Waals surface area (Å²) in [6.45, 7) is 2.54. The van der Waals surface area contributed by atoms with Gasteiger partial charge < -0.3 is 15.4 Å². The summed E-state index contributed by atoms with van der Waals surface area (Å²) >= 11 is 0. The maximum absolute atomic E-state index is 9.14. The van der Waals surface area contributed by atoms with Gasteiger partial charge in [0.1, 0.15) is 0 Å². The van der Waals surface area contributed by atoms with Gasteiger partial charge >= 0.3 is 0 Å². The quantitative estimate of drug-likeness (QED) is 0.702. The fourth-order valence-electron chi connectivity index (χ4n) is 2.63. The van der Waals surface area contributed by atoms with Crippen LogP contribution in [-0.4, -0.2) is 29.8 Å². The van der Waals surface area contributed by atoms with Crippen LogP contribution >= 0.6 is 0 Å². The van der Waals surface area contributed by atoms with Gasteiger partial charge in [0.2, 0.25) is 0 Å². The Hall–Kier alpha value is -0.800. The molecule has 1 aliphatic rings. The molecule has 0 saturated carbocycles. The van der Waals surface area contributed by atoms with Crippen LogP contribution in [0.5, 0.6) is 0 Å². The number of aliphatic hydroxyl groups excluding tert-OH is 1. The van der Waals surface area contributed by atoms with E-state index >= 15 is 0 Å². The van der Waals surface area contributed by atoms with E-state index in [9.17, 15) is 0 Å². The number of aromatic amines is 1. The summed E-state index contributed by atoms with van der Waals surface area (Å²) in [5.41, 5.74) is 1.36. The monoisotopic (exact) mass is 208 g/mol. The molecule has 0 amide bonds. The van der Waals surface area contributed by atoms with E-state index < -0.39 is 0 Å². The van der Waals surface area contributed by atoms with E-state index in [-0.39, 0.29) is 0 Å². The van der Waals surface area contributed by atoms with Crippen molar-refractivity contribution in [2.75, 3.05) is 19.7 Å². The van der Waals surface area contributed by atoms with Crippen LogP contribution in [0, 0.1) is 5.92 Å². The molecule has 3 N–H and O–H groups in total. The average Bonchev–Trinajstić information content (AvgIpc) is 2.80. The zero-order valence-corrected chi connectivity index (χ0v) is 9.08. The van der Waals surface area contributed by atoms with Crippen LogP contribution in [0.3, 0.4) is 0 Å². The lowest BCUT2D eigenvalue weighted by atomic mass is 9.79. The SMILES string of the molecule is OCCC(c1cc[nH]c1)C1CCNCC1. The van der Waals surface area contributed by atoms with Crippen molar-refractivity contribution < 1.29 is 5.11 Å². The van der Waals surface area contributed by atoms with E-state index in [1.165, 1.54) is 18.4 Å². The van der Waals surface area contributed by atoms with E-state index in [0.717, 1.165) is 25.4 Å². The fourth-order valence-corrected chi connectivity index (χ4v) is 2.63. The molecule has 1 saturated heterocycles. The molecule has 0 aliphatic carbocycles. The highest BCUT2D eigenvalue weighted by atomic mass is 16.3. The molecule has 0 spiro atoms. The van der Waals surface area contributed by atoms with Crippen molar-refractivity contribution in [3.05, 3.63) is 24.0 Å². The van der Waals surface area contributed by atoms with E-state index in [1.807, 2.05) is 6.20 Å². The Morgan fingerprint density at radius 3 is 2.80 bits per heavy atom. The molecule has 1 aromatic rings. The Kier molecular flexibility index (Phi) is 3.80. The molecular weight excluding hydrogens is 188 g/mol. The first-order valence-corrected chi connectivity index (χ1v) is 5.86. The molecule has 2 heterocycles. The molecule has 84 valence electrons. The summed E-state index contributed by atoms with van der Waals surface area (Å²) in [4.78, 5) is 3.11. The van der Waals surface area contributed by atoms with Gasteiger partial charge in [0.25, 0.3) is 0 Å². The lowest BCUT2D eigenvalue weighted by Gasteiger charge is -2.30. The Morgan fingerprint density at radius 2 is 2.20 bits per heavy atom. The third-order valence-electron chi connectivity index (χ3n) is 3.44. The molecule has 3 nitrogen and oxygen atoms in total. The van der Waals surface area contributed by atoms with E-state index in [1.54, 1.807) is 0 Å². The number of piperidine rings is 1. The van der Waals surface area contributed by atoms with Crippen LogP contribution in [0.1, 0.15) is 30.7 Å². The topological polar surface area (TPSA) is 48.0 Å². The van der Waals surface area contributed by atoms with Gasteiger partial charge in [-0.15, -0.1) is 0 Å². The van der Waals surface area contributed by atoms with E-state index in [0.29, 0.717) is 12.5 Å². The molecule has 1 atom stereocenters. The van der Waals surface area contributed by atoms with Crippen molar-refractivity contribution in [3.63, 3.8) is 0 Å². The summed E-state index contributed by atoms with van der Waals surface area (Å²) in [6.07, 6.45) is 7.40. The van der Waals surface area contributed by atoms with Gasteiger partial charge in [0.15, 0.2) is 0 Å². The highest BCUT2D eigenvalue weighted by Gasteiger charge is 2.24. The van der Waals surface area contributed by atoms with Crippen molar-refractivity contribution in [2.45, 2.75) is 25.2 Å². The number of hydrogen-bond donors (Lipinski definition) is 3. The van der Waals surface area contributed by atoms with Crippen LogP contribution in [0.2, 0.25) is 0 Å². The van der Waals surface area contributed by atoms with Crippen LogP contribution in [0.15, 0.2) is 18.5 Å². The van der Waals surface area contributed by atoms with E-state index in [4.69, 9.17) is 5.11 Å². The minimum absolute atomic E-state index is 0.291. The third kappa shape index (κ3) is 2.61. The van der Waals surface area contributed by atoms with Crippen molar-refractivity contribution in [1.82, 2.24) is 10.3 Å². The van der Waals surface area contributed by atoms with E-state index in [2.05, 4.69) is 22.6 Å². The maximum Gasteiger partial charge on any atom is 0.0436 e. The van der Waals surface area contributed by atoms with Crippen LogP contribution in [0.25, 0.3) is 0 Å². The van der Waals surface area contributed by atoms with Gasteiger partial charge in [-0.25, -0.2) is 0 Å². The third-order valence-corrected chi connectivity index (χ3v) is 3.44. The van der Waals surface area contributed by atoms with Gasteiger partial charge in [0.05, 0.1) is 0 Å². The number of aliphatic hydroxyl groups is 1. The van der Waals surface area contributed by atoms with Crippen LogP contribution < -0.4 is 5.32 Å². The predicted octanol–water partition coefficient (Wildman–Crippen LogP) is 1.48. The molecule has 1 unspecified atom stereocenters. The number of rotatable bonds is 4. The van der Waals surface area contributed by atoms with Crippen LogP contribution in [0.4, 0.5) is 0 Å². The zero-order chi connectivity index (χ0) is 10.5. The predicted molar refractivity (Wildman–Crippen MR) is 60.8 cm³/mol. The Labute approximate surface area is 90.9 Å². The standard InChI is InChI=1S/C12H20N2O/c15-8-4-12(11-3-7-14-9-11)10-1-5-13-6-2-10/h3,7,9-10,12-15H,1-2,4-6,8H2. The molecule has 1 fully saturated rings. The minimum atomic E-state index is 0.291. The zero-order valence-electron chi connectivity index (χ0n) is 9.08. The second kappa shape index (κ2) is 5.33. The lowest BCUT2D eigenvalue weighted by Crippen LogP contribution is -2.31. The molecule has 1 aliphatic heterocycles. The maximum atomic E-state index is 9.14. The largest absolute Gasteiger partial charge is 0.396 e. The lowest BCUT2D eigenvalue weighted by molar-refractivity contribution is 0.234. The molecule has 3 heteroatoms. The summed E-state index contributed by atoms with van der Waals surface area (Å²) in [6, 6.07) is 2.14. The Balaban J connectivity index is 2.04. The number of hydrogen-bond acceptors (Lipinski definition) is 2. The second-order valence-electron chi connectivity index (χ2n) is 4.35. The van der Waals surface area contributed by atoms with Crippen molar-refractivity contribution in [2.24, 2.45) is 5.92 Å². The first kappa shape index (κ1) is 10.7. The number of aromatic nitrogens is 1. The highest BCUT2D eigenvalue weighted by molar-refractivity contribution is 5.16. The molecule has 0 radical (unpaired) electrons. The summed E-state index contributed by atoms with van der Waals surface area (Å²) in [5, 5.41) is 12.5. The number of H-pyrrole nitrogens is 1. The first-order chi connectivity index (χ1) is 7.42. The van der Waals surface area contributed by atoms with Gasteiger partial charge in [0, 0.05) is 19.0 Å². The molecule has 0 bridgehead atoms. The highest BCUT2D eigenvalue weighted by Crippen LogP contribution is 2.33. The summed E-state index contributed by atoms with van der Waals surface area (Å²) in [5.74, 6) is 1.26. The Morgan fingerprint density at radius 1 is 1.40 bits per heavy atom. The fraction of sp³-hybridized carbons (Fsp3) is 0.667. The molecule has 1 aromatic heterocycles. The van der Waals surface area contributed by atoms with Crippen molar-refractivity contribution in [3.8, 4) is 0 Å². The van der Waals surface area contributed by atoms with Gasteiger partial charge in [-0.05, 0) is 55.8 Å². The van der Waals surface area contributed by atoms with Crippen LogP contribution in [-0.2, 0) is 0 Å². The van der Waals surface area contributed by atoms with Gasteiger partial charge in [-0.1, -0.05) is 0 Å². The average molecular weight is 208 g/mol. The van der Waals surface area contributed by atoms with Gasteiger partial charge in [-0.2, -0.15) is 0 Å². The minimum Gasteiger partial charge on any atom is -0.396 e. The Bertz CT molecular complexity index is 265. The van der Waals surface area contributed by atoms with Crippen molar-refractivity contribution in [1.29, 1.82) is 0 Å². The normalized spacial score (nSPS) is 20.3. The van der Waals surface area contributed by atoms with Gasteiger partial charge in [-0.3, -0.25) is 0 Å². The summed E-state index contributed by atoms with van der Waals surface area (Å²) in [7, 11) is 0. The summed E-state index contributed by atoms with van der Waals surface area (Å²) < 4.78 is 0. The first-order valence-electron chi connectivity index (χ1n) is 5.86. The smallest absolute Gasteiger partial charge is 0.0436 e. The van der Waals surface area contributed by atoms with Crippen molar-refractivity contribution >= 4 is 0 Å².